The lowest BCUT2D eigenvalue weighted by Crippen LogP contribution is -2.16. The van der Waals surface area contributed by atoms with Crippen LogP contribution in [0.4, 0.5) is 5.13 Å². The number of rotatable bonds is 14. The number of anilines is 1. The Morgan fingerprint density at radius 1 is 0.931 bits per heavy atom. The van der Waals surface area contributed by atoms with Crippen molar-refractivity contribution in [2.24, 2.45) is 0 Å². The molecule has 0 amide bonds. The van der Waals surface area contributed by atoms with E-state index in [0.717, 1.165) is 18.4 Å². The molecule has 1 heterocycles. The third kappa shape index (κ3) is 9.24. The summed E-state index contributed by atoms with van der Waals surface area (Å²) in [7, 11) is -3.38. The number of nitrogens with one attached hydrogen (secondary N) is 1. The van der Waals surface area contributed by atoms with Gasteiger partial charge in [-0.3, -0.25) is 4.72 Å². The van der Waals surface area contributed by atoms with Crippen molar-refractivity contribution in [2.45, 2.75) is 71.1 Å². The van der Waals surface area contributed by atoms with Crippen LogP contribution in [0.1, 0.15) is 71.1 Å². The van der Waals surface area contributed by atoms with Gasteiger partial charge in [0.1, 0.15) is 0 Å². The monoisotopic (exact) mass is 476 g/mol. The van der Waals surface area contributed by atoms with Gasteiger partial charge < -0.3 is 0 Å². The molecular weight excluding hydrogens is 447 g/mol. The summed E-state index contributed by atoms with van der Waals surface area (Å²) in [6.45, 7) is 2.23. The number of hydrogen-bond donors (Lipinski definition) is 1. The Bertz CT molecular complexity index is 854. The van der Waals surface area contributed by atoms with Crippen LogP contribution in [-0.2, 0) is 10.0 Å². The average molecular weight is 478 g/mol. The Balaban J connectivity index is 1.69. The maximum atomic E-state index is 12.3. The normalized spacial score (nSPS) is 11.7. The van der Waals surface area contributed by atoms with Gasteiger partial charge in [-0.15, -0.1) is 11.3 Å². The van der Waals surface area contributed by atoms with E-state index in [1.807, 2.05) is 6.07 Å². The van der Waals surface area contributed by atoms with Gasteiger partial charge in [-0.1, -0.05) is 94.0 Å². The number of sulfonamides is 1. The zero-order valence-corrected chi connectivity index (χ0v) is 20.1. The molecule has 29 heavy (non-hydrogen) atoms. The van der Waals surface area contributed by atoms with Gasteiger partial charge in [0.25, 0.3) is 0 Å². The van der Waals surface area contributed by atoms with E-state index in [1.54, 1.807) is 17.5 Å². The van der Waals surface area contributed by atoms with Crippen molar-refractivity contribution in [1.29, 1.82) is 0 Å². The summed E-state index contributed by atoms with van der Waals surface area (Å²) in [4.78, 5) is 4.36. The second-order valence-corrected chi connectivity index (χ2v) is 10.8. The first-order valence-corrected chi connectivity index (χ1v) is 13.6. The smallest absolute Gasteiger partial charge is 0.234 e. The Morgan fingerprint density at radius 2 is 1.55 bits per heavy atom. The van der Waals surface area contributed by atoms with Crippen LogP contribution >= 0.6 is 34.5 Å². The van der Waals surface area contributed by atoms with E-state index in [1.165, 1.54) is 56.3 Å². The third-order valence-electron chi connectivity index (χ3n) is 4.73. The number of nitrogens with zero attached hydrogens (tertiary/aromatic N) is 1. The lowest BCUT2D eigenvalue weighted by atomic mass is 10.1. The second-order valence-electron chi connectivity index (χ2n) is 7.27. The summed E-state index contributed by atoms with van der Waals surface area (Å²) in [6.07, 6.45) is 11.7. The van der Waals surface area contributed by atoms with E-state index in [-0.39, 0.29) is 5.75 Å². The lowest BCUT2D eigenvalue weighted by molar-refractivity contribution is 0.558. The molecule has 4 nitrogen and oxygen atoms in total. The Morgan fingerprint density at radius 3 is 2.17 bits per heavy atom. The highest BCUT2D eigenvalue weighted by Crippen LogP contribution is 2.30. The van der Waals surface area contributed by atoms with Gasteiger partial charge in [0.2, 0.25) is 10.0 Å². The molecule has 0 bridgehead atoms. The van der Waals surface area contributed by atoms with E-state index < -0.39 is 10.0 Å². The molecular formula is C21H30Cl2N2O2S2. The largest absolute Gasteiger partial charge is 0.259 e. The van der Waals surface area contributed by atoms with Crippen molar-refractivity contribution in [3.8, 4) is 11.3 Å². The molecule has 0 aliphatic rings. The molecule has 0 fully saturated rings. The average Bonchev–Trinajstić information content (AvgIpc) is 3.13. The van der Waals surface area contributed by atoms with Gasteiger partial charge in [0, 0.05) is 10.9 Å². The minimum absolute atomic E-state index is 0.130. The van der Waals surface area contributed by atoms with Crippen LogP contribution in [0.15, 0.2) is 23.6 Å². The number of benzene rings is 1. The van der Waals surface area contributed by atoms with E-state index in [4.69, 9.17) is 23.2 Å². The first-order valence-electron chi connectivity index (χ1n) is 10.3. The van der Waals surface area contributed by atoms with Gasteiger partial charge in [0.05, 0.1) is 21.5 Å². The summed E-state index contributed by atoms with van der Waals surface area (Å²) in [5.41, 5.74) is 1.47. The van der Waals surface area contributed by atoms with E-state index in [2.05, 4.69) is 16.6 Å². The highest BCUT2D eigenvalue weighted by Gasteiger charge is 2.14. The van der Waals surface area contributed by atoms with E-state index >= 15 is 0 Å². The number of thiazole rings is 1. The molecule has 0 atom stereocenters. The van der Waals surface area contributed by atoms with Crippen LogP contribution < -0.4 is 4.72 Å². The fourth-order valence-corrected chi connectivity index (χ4v) is 5.50. The van der Waals surface area contributed by atoms with Gasteiger partial charge in [-0.05, 0) is 18.6 Å². The van der Waals surface area contributed by atoms with Crippen LogP contribution in [0, 0.1) is 0 Å². The van der Waals surface area contributed by atoms with Gasteiger partial charge in [0.15, 0.2) is 5.13 Å². The number of aromatic nitrogens is 1. The van der Waals surface area contributed by atoms with Crippen LogP contribution in [-0.4, -0.2) is 19.2 Å². The topological polar surface area (TPSA) is 59.1 Å². The minimum Gasteiger partial charge on any atom is -0.259 e. The Hall–Kier alpha value is -0.820. The number of halogens is 2. The fraction of sp³-hybridized carbons (Fsp3) is 0.571. The van der Waals surface area contributed by atoms with Crippen LogP contribution in [0.3, 0.4) is 0 Å². The molecule has 0 aliphatic carbocycles. The Labute approximate surface area is 189 Å². The summed E-state index contributed by atoms with van der Waals surface area (Å²) >= 11 is 13.2. The molecule has 0 unspecified atom stereocenters. The third-order valence-corrected chi connectivity index (χ3v) is 7.69. The van der Waals surface area contributed by atoms with Crippen molar-refractivity contribution in [1.82, 2.24) is 4.98 Å². The SMILES string of the molecule is CCCCCCCCCCCCS(=O)(=O)Nc1nc(-c2ccc(Cl)c(Cl)c2)cs1. The van der Waals surface area contributed by atoms with Crippen LogP contribution in [0.25, 0.3) is 11.3 Å². The van der Waals surface area contributed by atoms with E-state index in [9.17, 15) is 8.42 Å². The standard InChI is InChI=1S/C21H30Cl2N2O2S2/c1-2-3-4-5-6-7-8-9-10-11-14-29(26,27)25-21-24-20(16-28-21)17-12-13-18(22)19(23)15-17/h12-13,15-16H,2-11,14H2,1H3,(H,24,25). The second kappa shape index (κ2) is 12.8. The first kappa shape index (κ1) is 24.4. The first-order chi connectivity index (χ1) is 13.9. The molecule has 2 aromatic rings. The summed E-state index contributed by atoms with van der Waals surface area (Å²) < 4.78 is 27.2. The van der Waals surface area contributed by atoms with Crippen molar-refractivity contribution in [2.75, 3.05) is 10.5 Å². The molecule has 1 N–H and O–H groups in total. The molecule has 2 rings (SSSR count). The highest BCUT2D eigenvalue weighted by molar-refractivity contribution is 7.92. The quantitative estimate of drug-likeness (QED) is 0.283. The zero-order chi connectivity index (χ0) is 21.1. The molecule has 1 aromatic heterocycles. The molecule has 162 valence electrons. The van der Waals surface area contributed by atoms with Crippen molar-refractivity contribution >= 4 is 49.7 Å². The molecule has 0 aliphatic heterocycles. The zero-order valence-electron chi connectivity index (χ0n) is 16.9. The lowest BCUT2D eigenvalue weighted by Gasteiger charge is -2.05. The summed E-state index contributed by atoms with van der Waals surface area (Å²) in [5, 5.41) is 3.10. The fourth-order valence-electron chi connectivity index (χ4n) is 3.07. The van der Waals surface area contributed by atoms with Crippen molar-refractivity contribution in [3.05, 3.63) is 33.6 Å². The van der Waals surface area contributed by atoms with Gasteiger partial charge in [-0.2, -0.15) is 0 Å². The highest BCUT2D eigenvalue weighted by atomic mass is 35.5. The predicted molar refractivity (Wildman–Crippen MR) is 127 cm³/mol. The van der Waals surface area contributed by atoms with Gasteiger partial charge in [-0.25, -0.2) is 13.4 Å². The molecule has 1 aromatic carbocycles. The van der Waals surface area contributed by atoms with Gasteiger partial charge >= 0.3 is 0 Å². The molecule has 0 spiro atoms. The summed E-state index contributed by atoms with van der Waals surface area (Å²) in [5.74, 6) is 0.130. The minimum atomic E-state index is -3.38. The molecule has 8 heteroatoms. The number of unbranched alkanes of at least 4 members (excludes halogenated alkanes) is 9. The molecule has 0 saturated heterocycles. The predicted octanol–water partition coefficient (Wildman–Crippen LogP) is 7.78. The van der Waals surface area contributed by atoms with Crippen LogP contribution in [0.5, 0.6) is 0 Å². The van der Waals surface area contributed by atoms with Crippen LogP contribution in [0.2, 0.25) is 10.0 Å². The number of hydrogen-bond acceptors (Lipinski definition) is 4. The molecule has 0 saturated carbocycles. The van der Waals surface area contributed by atoms with Crippen molar-refractivity contribution < 1.29 is 8.42 Å². The molecule has 0 radical (unpaired) electrons. The maximum Gasteiger partial charge on any atom is 0.234 e. The van der Waals surface area contributed by atoms with Crippen molar-refractivity contribution in [3.63, 3.8) is 0 Å². The summed E-state index contributed by atoms with van der Waals surface area (Å²) in [6, 6.07) is 5.24. The maximum absolute atomic E-state index is 12.3. The van der Waals surface area contributed by atoms with E-state index in [0.29, 0.717) is 27.3 Å². The Kier molecular flexibility index (Phi) is 10.8.